The minimum Gasteiger partial charge on any atom is -0.506 e. The zero-order valence-electron chi connectivity index (χ0n) is 9.11. The Hall–Kier alpha value is 0.130. The molecule has 0 saturated carbocycles. The number of nitrogens with zero attached hydrogens (tertiary/aromatic N) is 1. The molecule has 1 N–H and O–H groups in total. The van der Waals surface area contributed by atoms with Crippen LogP contribution in [0.15, 0.2) is 17.0 Å². The van der Waals surface area contributed by atoms with Crippen molar-refractivity contribution in [3.63, 3.8) is 0 Å². The molecule has 2 rings (SSSR count). The Morgan fingerprint density at radius 2 is 2.11 bits per heavy atom. The van der Waals surface area contributed by atoms with Gasteiger partial charge in [-0.15, -0.1) is 0 Å². The second kappa shape index (κ2) is 5.63. The van der Waals surface area contributed by atoms with E-state index in [1.165, 1.54) is 16.7 Å². The van der Waals surface area contributed by atoms with Crippen molar-refractivity contribution in [3.8, 4) is 5.75 Å². The minimum atomic E-state index is -0.127. The third kappa shape index (κ3) is 2.83. The summed E-state index contributed by atoms with van der Waals surface area (Å²) in [5.74, 6) is 0.0654. The van der Waals surface area contributed by atoms with Gasteiger partial charge in [-0.25, -0.2) is 0 Å². The number of thiocarbonyl (C=S) groups is 1. The number of thioether (sulfide) groups is 1. The van der Waals surface area contributed by atoms with Crippen LogP contribution < -0.4 is 0 Å². The maximum absolute atomic E-state index is 11.9. The van der Waals surface area contributed by atoms with E-state index in [1.54, 1.807) is 13.1 Å². The number of amides is 1. The Morgan fingerprint density at radius 1 is 1.44 bits per heavy atom. The first-order valence-electron chi connectivity index (χ1n) is 4.79. The van der Waals surface area contributed by atoms with Crippen LogP contribution in [-0.2, 0) is 4.79 Å². The van der Waals surface area contributed by atoms with E-state index >= 15 is 0 Å². The number of phenols is 1. The molecule has 0 unspecified atom stereocenters. The number of hydrogen-bond donors (Lipinski definition) is 1. The van der Waals surface area contributed by atoms with Crippen molar-refractivity contribution in [2.75, 3.05) is 7.05 Å². The second-order valence-corrected chi connectivity index (χ2v) is 7.65. The fourth-order valence-electron chi connectivity index (χ4n) is 1.38. The first kappa shape index (κ1) is 14.5. The summed E-state index contributed by atoms with van der Waals surface area (Å²) in [6.07, 6.45) is 1.68. The number of rotatable bonds is 1. The number of aromatic hydroxyl groups is 1. The largest absolute Gasteiger partial charge is 0.506 e. The molecule has 3 nitrogen and oxygen atoms in total. The first-order chi connectivity index (χ1) is 8.40. The van der Waals surface area contributed by atoms with Gasteiger partial charge in [0.2, 0.25) is 0 Å². The molecule has 0 atom stereocenters. The normalized spacial score (nSPS) is 17.9. The summed E-state index contributed by atoms with van der Waals surface area (Å²) in [7, 11) is 1.65. The Kier molecular flexibility index (Phi) is 4.55. The van der Waals surface area contributed by atoms with Gasteiger partial charge in [0.25, 0.3) is 5.91 Å². The van der Waals surface area contributed by atoms with Crippen molar-refractivity contribution in [2.45, 2.75) is 0 Å². The fourth-order valence-corrected chi connectivity index (χ4v) is 4.44. The molecule has 0 aromatic heterocycles. The lowest BCUT2D eigenvalue weighted by Crippen LogP contribution is -2.22. The molecule has 1 saturated heterocycles. The molecule has 1 aromatic rings. The fraction of sp³-hybridized carbons (Fsp3) is 0.0909. The first-order valence-corrected chi connectivity index (χ1v) is 8.18. The summed E-state index contributed by atoms with van der Waals surface area (Å²) in [5.41, 5.74) is 0.639. The molecule has 0 aliphatic carbocycles. The van der Waals surface area contributed by atoms with Gasteiger partial charge in [0.15, 0.2) is 0 Å². The van der Waals surface area contributed by atoms with Gasteiger partial charge in [-0.2, -0.15) is 0 Å². The predicted octanol–water partition coefficient (Wildman–Crippen LogP) is 3.43. The van der Waals surface area contributed by atoms with Crippen molar-refractivity contribution in [1.82, 2.24) is 4.90 Å². The van der Waals surface area contributed by atoms with Crippen molar-refractivity contribution in [2.24, 2.45) is 0 Å². The third-order valence-electron chi connectivity index (χ3n) is 2.33. The number of likely N-dealkylation sites (N-methyl/N-ethyl adjacent to an activating group) is 1. The molecule has 94 valence electrons. The van der Waals surface area contributed by atoms with Gasteiger partial charge in [-0.1, -0.05) is 24.0 Å². The van der Waals surface area contributed by atoms with Gasteiger partial charge >= 0.3 is 0 Å². The van der Waals surface area contributed by atoms with E-state index < -0.39 is 0 Å². The van der Waals surface area contributed by atoms with Gasteiger partial charge in [0.05, 0.1) is 8.48 Å². The predicted molar refractivity (Wildman–Crippen MR) is 94.5 cm³/mol. The summed E-state index contributed by atoms with van der Waals surface area (Å²) in [5, 5.41) is 9.98. The Bertz CT molecular complexity index is 587. The summed E-state index contributed by atoms with van der Waals surface area (Å²) in [6, 6.07) is 3.71. The quantitative estimate of drug-likeness (QED) is 0.363. The van der Waals surface area contributed by atoms with Gasteiger partial charge < -0.3 is 5.11 Å². The molecule has 1 aromatic carbocycles. The van der Waals surface area contributed by atoms with Crippen LogP contribution in [0.1, 0.15) is 5.56 Å². The van der Waals surface area contributed by atoms with Crippen LogP contribution in [0.4, 0.5) is 0 Å². The van der Waals surface area contributed by atoms with Gasteiger partial charge in [-0.05, 0) is 63.4 Å². The highest BCUT2D eigenvalue weighted by Gasteiger charge is 2.28. The molecule has 7 heteroatoms. The SMILES string of the molecule is CN1C(=O)C(=Cc2cc(I)cc(I)c2O)SC1=S. The molecular formula is C11H7I2NO2S2. The second-order valence-electron chi connectivity index (χ2n) is 3.57. The summed E-state index contributed by atoms with van der Waals surface area (Å²) >= 11 is 10.5. The summed E-state index contributed by atoms with van der Waals surface area (Å²) in [4.78, 5) is 13.8. The van der Waals surface area contributed by atoms with Crippen LogP contribution in [0.3, 0.4) is 0 Å². The van der Waals surface area contributed by atoms with Crippen LogP contribution in [0, 0.1) is 7.14 Å². The number of carbonyl (C=O) groups is 1. The minimum absolute atomic E-state index is 0.127. The third-order valence-corrected chi connectivity index (χ3v) is 5.26. The Labute approximate surface area is 141 Å². The molecule has 0 radical (unpaired) electrons. The average Bonchev–Trinajstić information content (AvgIpc) is 2.53. The van der Waals surface area contributed by atoms with Gasteiger partial charge in [0, 0.05) is 16.2 Å². The molecular weight excluding hydrogens is 496 g/mol. The molecule has 1 aliphatic rings. The smallest absolute Gasteiger partial charge is 0.265 e. The van der Waals surface area contributed by atoms with Crippen molar-refractivity contribution < 1.29 is 9.90 Å². The molecule has 1 amide bonds. The summed E-state index contributed by atoms with van der Waals surface area (Å²) in [6.45, 7) is 0. The Morgan fingerprint density at radius 3 is 2.67 bits per heavy atom. The van der Waals surface area contributed by atoms with Crippen molar-refractivity contribution in [1.29, 1.82) is 0 Å². The van der Waals surface area contributed by atoms with E-state index in [2.05, 4.69) is 45.2 Å². The lowest BCUT2D eigenvalue weighted by atomic mass is 10.2. The zero-order valence-corrected chi connectivity index (χ0v) is 15.1. The molecule has 1 fully saturated rings. The van der Waals surface area contributed by atoms with E-state index in [0.29, 0.717) is 14.8 Å². The maximum atomic E-state index is 11.9. The number of carbonyl (C=O) groups excluding carboxylic acids is 1. The molecule has 18 heavy (non-hydrogen) atoms. The highest BCUT2D eigenvalue weighted by atomic mass is 127. The number of hydrogen-bond acceptors (Lipinski definition) is 4. The van der Waals surface area contributed by atoms with Crippen LogP contribution in [0.2, 0.25) is 0 Å². The van der Waals surface area contributed by atoms with Crippen LogP contribution in [0.25, 0.3) is 6.08 Å². The molecule has 1 aliphatic heterocycles. The van der Waals surface area contributed by atoms with E-state index in [0.717, 1.165) is 7.14 Å². The number of benzene rings is 1. The highest BCUT2D eigenvalue weighted by Crippen LogP contribution is 2.35. The van der Waals surface area contributed by atoms with E-state index in [1.807, 2.05) is 12.1 Å². The molecule has 0 bridgehead atoms. The summed E-state index contributed by atoms with van der Waals surface area (Å²) < 4.78 is 2.30. The lowest BCUT2D eigenvalue weighted by molar-refractivity contribution is -0.121. The number of halogens is 2. The lowest BCUT2D eigenvalue weighted by Gasteiger charge is -2.05. The maximum Gasteiger partial charge on any atom is 0.265 e. The highest BCUT2D eigenvalue weighted by molar-refractivity contribution is 14.1. The Balaban J connectivity index is 2.46. The molecule has 1 heterocycles. The van der Waals surface area contributed by atoms with Gasteiger partial charge in [0.1, 0.15) is 10.1 Å². The van der Waals surface area contributed by atoms with E-state index in [9.17, 15) is 9.90 Å². The van der Waals surface area contributed by atoms with Crippen molar-refractivity contribution >= 4 is 85.5 Å². The number of phenolic OH excluding ortho intramolecular Hbond substituents is 1. The van der Waals surface area contributed by atoms with Crippen LogP contribution >= 0.6 is 69.2 Å². The monoisotopic (exact) mass is 503 g/mol. The topological polar surface area (TPSA) is 40.5 Å². The van der Waals surface area contributed by atoms with Crippen LogP contribution in [-0.4, -0.2) is 27.3 Å². The van der Waals surface area contributed by atoms with Gasteiger partial charge in [-0.3, -0.25) is 9.69 Å². The van der Waals surface area contributed by atoms with E-state index in [4.69, 9.17) is 12.2 Å². The average molecular weight is 503 g/mol. The van der Waals surface area contributed by atoms with E-state index in [-0.39, 0.29) is 11.7 Å². The molecule has 0 spiro atoms. The zero-order chi connectivity index (χ0) is 13.4. The van der Waals surface area contributed by atoms with Crippen LogP contribution in [0.5, 0.6) is 5.75 Å². The van der Waals surface area contributed by atoms with Crippen molar-refractivity contribution in [3.05, 3.63) is 29.7 Å². The standard InChI is InChI=1S/C11H7I2NO2S2/c1-14-10(16)8(18-11(14)17)3-5-2-6(12)4-7(13)9(5)15/h2-4,15H,1H3.